The lowest BCUT2D eigenvalue weighted by atomic mass is 10.1. The summed E-state index contributed by atoms with van der Waals surface area (Å²) in [7, 11) is 0. The summed E-state index contributed by atoms with van der Waals surface area (Å²) in [6, 6.07) is 5.27. The number of nitrogens with one attached hydrogen (secondary N) is 1. The molecule has 1 unspecified atom stereocenters. The molecule has 16 heavy (non-hydrogen) atoms. The van der Waals surface area contributed by atoms with Gasteiger partial charge in [-0.05, 0) is 18.6 Å². The van der Waals surface area contributed by atoms with E-state index in [9.17, 15) is 13.2 Å². The molecule has 1 rings (SSSR count). The van der Waals surface area contributed by atoms with Crippen molar-refractivity contribution in [3.63, 3.8) is 0 Å². The first kappa shape index (κ1) is 13.0. The van der Waals surface area contributed by atoms with E-state index in [-0.39, 0.29) is 6.04 Å². The van der Waals surface area contributed by atoms with Crippen LogP contribution in [0.1, 0.15) is 18.1 Å². The summed E-state index contributed by atoms with van der Waals surface area (Å²) in [5.74, 6) is 0. The highest BCUT2D eigenvalue weighted by Crippen LogP contribution is 2.29. The molecule has 0 saturated carbocycles. The van der Waals surface area contributed by atoms with E-state index in [1.165, 1.54) is 6.07 Å². The van der Waals surface area contributed by atoms with Gasteiger partial charge >= 0.3 is 6.18 Å². The van der Waals surface area contributed by atoms with Crippen LogP contribution in [-0.2, 0) is 12.7 Å². The third kappa shape index (κ3) is 4.20. The minimum atomic E-state index is -4.28. The van der Waals surface area contributed by atoms with Gasteiger partial charge in [0.15, 0.2) is 0 Å². The molecule has 1 atom stereocenters. The second-order valence-electron chi connectivity index (χ2n) is 3.81. The number of hydrogen-bond acceptors (Lipinski definition) is 2. The lowest BCUT2D eigenvalue weighted by Crippen LogP contribution is -2.30. The van der Waals surface area contributed by atoms with Crippen molar-refractivity contribution in [2.45, 2.75) is 25.7 Å². The Balaban J connectivity index is 2.61. The summed E-state index contributed by atoms with van der Waals surface area (Å²) in [5, 5.41) is 2.99. The standard InChI is InChI=1S/C11H15F3N2/c1-8(15)6-16-7-9-3-2-4-10(5-9)11(12,13)14/h2-5,8,16H,6-7,15H2,1H3. The van der Waals surface area contributed by atoms with Gasteiger partial charge in [-0.25, -0.2) is 0 Å². The summed E-state index contributed by atoms with van der Waals surface area (Å²) >= 11 is 0. The van der Waals surface area contributed by atoms with Crippen molar-refractivity contribution in [2.75, 3.05) is 6.54 Å². The molecular formula is C11H15F3N2. The molecule has 1 aromatic carbocycles. The van der Waals surface area contributed by atoms with Crippen molar-refractivity contribution in [1.29, 1.82) is 0 Å². The van der Waals surface area contributed by atoms with Crippen LogP contribution >= 0.6 is 0 Å². The Hall–Kier alpha value is -1.07. The average Bonchev–Trinajstić information content (AvgIpc) is 2.16. The second-order valence-corrected chi connectivity index (χ2v) is 3.81. The molecule has 90 valence electrons. The van der Waals surface area contributed by atoms with Crippen molar-refractivity contribution >= 4 is 0 Å². The first-order valence-electron chi connectivity index (χ1n) is 5.02. The summed E-state index contributed by atoms with van der Waals surface area (Å²) in [5.41, 5.74) is 5.50. The summed E-state index contributed by atoms with van der Waals surface area (Å²) in [6.45, 7) is 2.81. The first-order valence-corrected chi connectivity index (χ1v) is 5.02. The maximum Gasteiger partial charge on any atom is 0.416 e. The molecule has 0 saturated heterocycles. The first-order chi connectivity index (χ1) is 7.39. The number of alkyl halides is 3. The van der Waals surface area contributed by atoms with Crippen molar-refractivity contribution in [3.8, 4) is 0 Å². The average molecular weight is 232 g/mol. The molecular weight excluding hydrogens is 217 g/mol. The van der Waals surface area contributed by atoms with Gasteiger partial charge in [0, 0.05) is 19.1 Å². The number of benzene rings is 1. The molecule has 2 nitrogen and oxygen atoms in total. The largest absolute Gasteiger partial charge is 0.416 e. The molecule has 0 bridgehead atoms. The zero-order chi connectivity index (χ0) is 12.2. The van der Waals surface area contributed by atoms with Crippen LogP contribution in [0.4, 0.5) is 13.2 Å². The Morgan fingerprint density at radius 1 is 1.38 bits per heavy atom. The van der Waals surface area contributed by atoms with Crippen molar-refractivity contribution in [1.82, 2.24) is 5.32 Å². The smallest absolute Gasteiger partial charge is 0.327 e. The Bertz CT molecular complexity index is 334. The van der Waals surface area contributed by atoms with Gasteiger partial charge in [-0.2, -0.15) is 13.2 Å². The molecule has 0 spiro atoms. The van der Waals surface area contributed by atoms with E-state index in [0.717, 1.165) is 12.1 Å². The lowest BCUT2D eigenvalue weighted by Gasteiger charge is -2.10. The maximum atomic E-state index is 12.4. The second kappa shape index (κ2) is 5.32. The number of halogens is 3. The van der Waals surface area contributed by atoms with Gasteiger partial charge in [-0.15, -0.1) is 0 Å². The summed E-state index contributed by atoms with van der Waals surface area (Å²) in [6.07, 6.45) is -4.28. The molecule has 0 heterocycles. The molecule has 0 aromatic heterocycles. The maximum absolute atomic E-state index is 12.4. The Kier molecular flexibility index (Phi) is 4.32. The third-order valence-corrected chi connectivity index (χ3v) is 2.05. The van der Waals surface area contributed by atoms with E-state index < -0.39 is 11.7 Å². The van der Waals surface area contributed by atoms with Crippen LogP contribution in [-0.4, -0.2) is 12.6 Å². The fourth-order valence-corrected chi connectivity index (χ4v) is 1.30. The SMILES string of the molecule is CC(N)CNCc1cccc(C(F)(F)F)c1. The Labute approximate surface area is 92.6 Å². The molecule has 5 heteroatoms. The molecule has 0 amide bonds. The van der Waals surface area contributed by atoms with Gasteiger partial charge in [0.2, 0.25) is 0 Å². The predicted octanol–water partition coefficient (Wildman–Crippen LogP) is 2.14. The van der Waals surface area contributed by atoms with Crippen LogP contribution in [0.2, 0.25) is 0 Å². The molecule has 3 N–H and O–H groups in total. The van der Waals surface area contributed by atoms with Gasteiger partial charge in [0.05, 0.1) is 5.56 Å². The predicted molar refractivity (Wildman–Crippen MR) is 56.8 cm³/mol. The van der Waals surface area contributed by atoms with Crippen LogP contribution in [0.3, 0.4) is 0 Å². The molecule has 0 aliphatic carbocycles. The van der Waals surface area contributed by atoms with E-state index in [4.69, 9.17) is 5.73 Å². The van der Waals surface area contributed by atoms with Gasteiger partial charge in [0.25, 0.3) is 0 Å². The van der Waals surface area contributed by atoms with Crippen LogP contribution in [0.25, 0.3) is 0 Å². The normalized spacial score (nSPS) is 13.8. The highest BCUT2D eigenvalue weighted by atomic mass is 19.4. The minimum Gasteiger partial charge on any atom is -0.327 e. The Morgan fingerprint density at radius 2 is 2.06 bits per heavy atom. The van der Waals surface area contributed by atoms with E-state index >= 15 is 0 Å². The minimum absolute atomic E-state index is 0.00852. The van der Waals surface area contributed by atoms with Crippen molar-refractivity contribution < 1.29 is 13.2 Å². The molecule has 0 radical (unpaired) electrons. The van der Waals surface area contributed by atoms with Crippen molar-refractivity contribution in [3.05, 3.63) is 35.4 Å². The van der Waals surface area contributed by atoms with Crippen molar-refractivity contribution in [2.24, 2.45) is 5.73 Å². The summed E-state index contributed by atoms with van der Waals surface area (Å²) < 4.78 is 37.1. The quantitative estimate of drug-likeness (QED) is 0.834. The van der Waals surface area contributed by atoms with E-state index in [2.05, 4.69) is 5.32 Å². The summed E-state index contributed by atoms with van der Waals surface area (Å²) in [4.78, 5) is 0. The van der Waals surface area contributed by atoms with Gasteiger partial charge in [-0.1, -0.05) is 18.2 Å². The van der Waals surface area contributed by atoms with Crippen LogP contribution in [0, 0.1) is 0 Å². The number of nitrogens with two attached hydrogens (primary N) is 1. The fraction of sp³-hybridized carbons (Fsp3) is 0.455. The van der Waals surface area contributed by atoms with Gasteiger partial charge in [0.1, 0.15) is 0 Å². The van der Waals surface area contributed by atoms with E-state index in [1.54, 1.807) is 6.07 Å². The van der Waals surface area contributed by atoms with Crippen LogP contribution in [0.15, 0.2) is 24.3 Å². The van der Waals surface area contributed by atoms with Gasteiger partial charge < -0.3 is 11.1 Å². The van der Waals surface area contributed by atoms with Gasteiger partial charge in [-0.3, -0.25) is 0 Å². The van der Waals surface area contributed by atoms with E-state index in [1.807, 2.05) is 6.92 Å². The number of rotatable bonds is 4. The van der Waals surface area contributed by atoms with Crippen LogP contribution < -0.4 is 11.1 Å². The zero-order valence-electron chi connectivity index (χ0n) is 9.01. The topological polar surface area (TPSA) is 38.0 Å². The van der Waals surface area contributed by atoms with Crippen LogP contribution in [0.5, 0.6) is 0 Å². The molecule has 0 fully saturated rings. The monoisotopic (exact) mass is 232 g/mol. The molecule has 0 aliphatic heterocycles. The number of hydrogen-bond donors (Lipinski definition) is 2. The molecule has 1 aromatic rings. The highest BCUT2D eigenvalue weighted by molar-refractivity contribution is 5.25. The third-order valence-electron chi connectivity index (χ3n) is 2.05. The fourth-order valence-electron chi connectivity index (χ4n) is 1.30. The zero-order valence-corrected chi connectivity index (χ0v) is 9.01. The Morgan fingerprint density at radius 3 is 2.62 bits per heavy atom. The molecule has 0 aliphatic rings. The highest BCUT2D eigenvalue weighted by Gasteiger charge is 2.30. The lowest BCUT2D eigenvalue weighted by molar-refractivity contribution is -0.137. The van der Waals surface area contributed by atoms with E-state index in [0.29, 0.717) is 18.7 Å².